The molecule has 0 aliphatic rings. The lowest BCUT2D eigenvalue weighted by atomic mass is 10.1. The van der Waals surface area contributed by atoms with Crippen molar-refractivity contribution < 1.29 is 23.9 Å². The van der Waals surface area contributed by atoms with Gasteiger partial charge in [0.1, 0.15) is 5.75 Å². The topological polar surface area (TPSA) is 81.7 Å². The van der Waals surface area contributed by atoms with Crippen LogP contribution < -0.4 is 10.1 Å². The van der Waals surface area contributed by atoms with E-state index in [4.69, 9.17) is 9.47 Å². The van der Waals surface area contributed by atoms with E-state index in [0.717, 1.165) is 6.42 Å². The first-order valence-corrected chi connectivity index (χ1v) is 9.63. The number of rotatable bonds is 8. The monoisotopic (exact) mass is 447 g/mol. The minimum absolute atomic E-state index is 0.0762. The fourth-order valence-corrected chi connectivity index (χ4v) is 2.88. The number of carbonyl (C=O) groups is 3. The van der Waals surface area contributed by atoms with Crippen molar-refractivity contribution >= 4 is 39.3 Å². The van der Waals surface area contributed by atoms with E-state index < -0.39 is 12.1 Å². The third-order valence-electron chi connectivity index (χ3n) is 3.98. The van der Waals surface area contributed by atoms with E-state index in [1.165, 1.54) is 20.1 Å². The highest BCUT2D eigenvalue weighted by Crippen LogP contribution is 2.24. The molecule has 0 fully saturated rings. The zero-order valence-electron chi connectivity index (χ0n) is 16.0. The Hall–Kier alpha value is -2.67. The predicted molar refractivity (Wildman–Crippen MR) is 110 cm³/mol. The summed E-state index contributed by atoms with van der Waals surface area (Å²) in [6, 6.07) is 11.4. The van der Waals surface area contributed by atoms with Gasteiger partial charge in [-0.05, 0) is 71.7 Å². The fraction of sp³-hybridized carbons (Fsp3) is 0.286. The molecule has 1 N–H and O–H groups in total. The molecule has 28 heavy (non-hydrogen) atoms. The minimum Gasteiger partial charge on any atom is -0.497 e. The minimum atomic E-state index is -0.967. The second-order valence-corrected chi connectivity index (χ2v) is 6.99. The summed E-state index contributed by atoms with van der Waals surface area (Å²) < 4.78 is 11.0. The summed E-state index contributed by atoms with van der Waals surface area (Å²) in [7, 11) is 1.50. The number of ether oxygens (including phenoxy) is 2. The maximum atomic E-state index is 12.6. The molecule has 0 aliphatic heterocycles. The van der Waals surface area contributed by atoms with Gasteiger partial charge in [0.05, 0.1) is 12.7 Å². The van der Waals surface area contributed by atoms with E-state index in [1.54, 1.807) is 36.4 Å². The molecule has 0 radical (unpaired) electrons. The van der Waals surface area contributed by atoms with Crippen molar-refractivity contribution in [1.82, 2.24) is 0 Å². The van der Waals surface area contributed by atoms with Gasteiger partial charge in [0.2, 0.25) is 11.7 Å². The van der Waals surface area contributed by atoms with Crippen LogP contribution in [-0.4, -0.2) is 30.9 Å². The first-order valence-electron chi connectivity index (χ1n) is 8.84. The average molecular weight is 448 g/mol. The van der Waals surface area contributed by atoms with Gasteiger partial charge in [-0.1, -0.05) is 6.92 Å². The fourth-order valence-electron chi connectivity index (χ4n) is 2.47. The summed E-state index contributed by atoms with van der Waals surface area (Å²) in [6.45, 7) is 3.44. The number of anilines is 1. The van der Waals surface area contributed by atoms with Crippen molar-refractivity contribution in [3.63, 3.8) is 0 Å². The van der Waals surface area contributed by atoms with Gasteiger partial charge in [-0.15, -0.1) is 0 Å². The average Bonchev–Trinajstić information content (AvgIpc) is 2.68. The molecule has 7 heteroatoms. The molecule has 0 aliphatic carbocycles. The van der Waals surface area contributed by atoms with Crippen molar-refractivity contribution in [1.29, 1.82) is 0 Å². The Bertz CT molecular complexity index is 864. The van der Waals surface area contributed by atoms with Gasteiger partial charge in [0.25, 0.3) is 0 Å². The number of benzene rings is 2. The summed E-state index contributed by atoms with van der Waals surface area (Å²) in [4.78, 5) is 36.6. The van der Waals surface area contributed by atoms with Crippen LogP contribution in [0.5, 0.6) is 5.75 Å². The number of halogens is 1. The number of Topliss-reactive ketones (excluding diaryl/α,β-unsaturated/α-hetero) is 1. The SMILES string of the molecule is CCCC(=O)Nc1ccc(C(=O)C(C)OC(=O)c2cc(OC)ccc2Br)cc1. The van der Waals surface area contributed by atoms with Gasteiger partial charge in [0, 0.05) is 22.1 Å². The van der Waals surface area contributed by atoms with Gasteiger partial charge in [-0.2, -0.15) is 0 Å². The Morgan fingerprint density at radius 1 is 1.11 bits per heavy atom. The number of carbonyl (C=O) groups excluding carboxylic acids is 3. The second-order valence-electron chi connectivity index (χ2n) is 6.13. The molecule has 2 aromatic carbocycles. The molecule has 0 saturated carbocycles. The Kier molecular flexibility index (Phi) is 7.75. The number of ketones is 1. The van der Waals surface area contributed by atoms with Crippen LogP contribution in [0.4, 0.5) is 5.69 Å². The molecule has 1 atom stereocenters. The molecular weight excluding hydrogens is 426 g/mol. The van der Waals surface area contributed by atoms with Crippen LogP contribution in [0.3, 0.4) is 0 Å². The maximum Gasteiger partial charge on any atom is 0.340 e. The molecule has 1 unspecified atom stereocenters. The first kappa shape index (κ1) is 21.6. The summed E-state index contributed by atoms with van der Waals surface area (Å²) in [5.74, 6) is -0.531. The lowest BCUT2D eigenvalue weighted by Crippen LogP contribution is -2.24. The highest BCUT2D eigenvalue weighted by molar-refractivity contribution is 9.10. The van der Waals surface area contributed by atoms with Crippen LogP contribution in [0.15, 0.2) is 46.9 Å². The zero-order valence-corrected chi connectivity index (χ0v) is 17.5. The smallest absolute Gasteiger partial charge is 0.340 e. The van der Waals surface area contributed by atoms with E-state index >= 15 is 0 Å². The third kappa shape index (κ3) is 5.66. The lowest BCUT2D eigenvalue weighted by molar-refractivity contribution is -0.116. The van der Waals surface area contributed by atoms with Crippen molar-refractivity contribution in [3.8, 4) is 5.75 Å². The van der Waals surface area contributed by atoms with Gasteiger partial charge in [0.15, 0.2) is 6.10 Å². The van der Waals surface area contributed by atoms with Crippen molar-refractivity contribution in [3.05, 3.63) is 58.1 Å². The van der Waals surface area contributed by atoms with Gasteiger partial charge >= 0.3 is 5.97 Å². The van der Waals surface area contributed by atoms with E-state index in [1.807, 2.05) is 6.92 Å². The largest absolute Gasteiger partial charge is 0.497 e. The van der Waals surface area contributed by atoms with Gasteiger partial charge in [-0.25, -0.2) is 4.79 Å². The molecule has 2 aromatic rings. The predicted octanol–water partition coefficient (Wildman–Crippen LogP) is 4.62. The normalized spacial score (nSPS) is 11.4. The number of amides is 1. The molecule has 2 rings (SSSR count). The van der Waals surface area contributed by atoms with E-state index in [-0.39, 0.29) is 17.3 Å². The molecule has 0 spiro atoms. The Morgan fingerprint density at radius 3 is 2.39 bits per heavy atom. The molecule has 0 saturated heterocycles. The van der Waals surface area contributed by atoms with Crippen LogP contribution in [0.2, 0.25) is 0 Å². The molecule has 0 aromatic heterocycles. The Balaban J connectivity index is 2.04. The molecule has 6 nitrogen and oxygen atoms in total. The van der Waals surface area contributed by atoms with E-state index in [2.05, 4.69) is 21.2 Å². The van der Waals surface area contributed by atoms with Crippen molar-refractivity contribution in [2.45, 2.75) is 32.8 Å². The number of nitrogens with one attached hydrogen (secondary N) is 1. The van der Waals surface area contributed by atoms with Crippen LogP contribution >= 0.6 is 15.9 Å². The highest BCUT2D eigenvalue weighted by Gasteiger charge is 2.22. The first-order chi connectivity index (χ1) is 13.3. The summed E-state index contributed by atoms with van der Waals surface area (Å²) >= 11 is 3.29. The maximum absolute atomic E-state index is 12.6. The Morgan fingerprint density at radius 2 is 1.79 bits per heavy atom. The van der Waals surface area contributed by atoms with Crippen molar-refractivity contribution in [2.24, 2.45) is 0 Å². The van der Waals surface area contributed by atoms with Crippen LogP contribution in [0, 0.1) is 0 Å². The van der Waals surface area contributed by atoms with Gasteiger partial charge in [-0.3, -0.25) is 9.59 Å². The summed E-state index contributed by atoms with van der Waals surface area (Å²) in [5.41, 5.74) is 1.27. The highest BCUT2D eigenvalue weighted by atomic mass is 79.9. The number of hydrogen-bond donors (Lipinski definition) is 1. The van der Waals surface area contributed by atoms with Crippen molar-refractivity contribution in [2.75, 3.05) is 12.4 Å². The lowest BCUT2D eigenvalue weighted by Gasteiger charge is -2.14. The van der Waals surface area contributed by atoms with Crippen LogP contribution in [-0.2, 0) is 9.53 Å². The molecule has 0 heterocycles. The molecule has 0 bridgehead atoms. The quantitative estimate of drug-likeness (QED) is 0.471. The van der Waals surface area contributed by atoms with Crippen LogP contribution in [0.25, 0.3) is 0 Å². The summed E-state index contributed by atoms with van der Waals surface area (Å²) in [5, 5.41) is 2.76. The number of methoxy groups -OCH3 is 1. The molecule has 1 amide bonds. The van der Waals surface area contributed by atoms with E-state index in [9.17, 15) is 14.4 Å². The number of esters is 1. The Labute approximate surface area is 172 Å². The molecular formula is C21H22BrNO5. The van der Waals surface area contributed by atoms with Gasteiger partial charge < -0.3 is 14.8 Å². The zero-order chi connectivity index (χ0) is 20.7. The van der Waals surface area contributed by atoms with Crippen LogP contribution in [0.1, 0.15) is 47.4 Å². The number of hydrogen-bond acceptors (Lipinski definition) is 5. The van der Waals surface area contributed by atoms with E-state index in [0.29, 0.717) is 27.9 Å². The summed E-state index contributed by atoms with van der Waals surface area (Å²) in [6.07, 6.45) is 0.230. The second kappa shape index (κ2) is 10.0. The third-order valence-corrected chi connectivity index (χ3v) is 4.67. The molecule has 148 valence electrons. The standard InChI is InChI=1S/C21H22BrNO5/c1-4-5-19(24)23-15-8-6-14(7-9-15)20(25)13(2)28-21(26)17-12-16(27-3)10-11-18(17)22/h6-13H,4-5H2,1-3H3,(H,23,24).